The molecule has 0 aliphatic heterocycles. The largest absolute Gasteiger partial charge is 0.310 e. The van der Waals surface area contributed by atoms with Gasteiger partial charge in [-0.2, -0.15) is 0 Å². The van der Waals surface area contributed by atoms with Gasteiger partial charge in [-0.3, -0.25) is 0 Å². The van der Waals surface area contributed by atoms with Crippen molar-refractivity contribution in [3.05, 3.63) is 218 Å². The van der Waals surface area contributed by atoms with Crippen LogP contribution in [-0.2, 0) is 0 Å². The smallest absolute Gasteiger partial charge is 0.0547 e. The van der Waals surface area contributed by atoms with Crippen molar-refractivity contribution in [3.8, 4) is 39.1 Å². The second-order valence-corrected chi connectivity index (χ2v) is 13.8. The molecule has 0 fully saturated rings. The molecular formula is C52H36N2. The van der Waals surface area contributed by atoms with Gasteiger partial charge < -0.3 is 9.47 Å². The Hall–Kier alpha value is -7.16. The molecule has 0 unspecified atom stereocenters. The summed E-state index contributed by atoms with van der Waals surface area (Å²) >= 11 is 0. The van der Waals surface area contributed by atoms with E-state index in [4.69, 9.17) is 0 Å². The molecule has 0 N–H and O–H groups in total. The topological polar surface area (TPSA) is 8.17 Å². The third-order valence-electron chi connectivity index (χ3n) is 10.6. The molecule has 0 aliphatic rings. The minimum Gasteiger partial charge on any atom is -0.310 e. The standard InChI is InChI=1S/C52H36N2/c1-3-13-37(14-4-1)38-29-32-45(33-30-38)53(50-24-12-16-41-15-7-8-21-47(41)50)46-20-11-17-42(35-46)39-25-27-40(28-26-39)43-31-34-49-48-22-9-10-23-51(48)54(52(49)36-43)44-18-5-2-6-19-44/h1-36H. The molecule has 0 spiro atoms. The zero-order valence-electron chi connectivity index (χ0n) is 29.7. The van der Waals surface area contributed by atoms with Gasteiger partial charge in [0.05, 0.1) is 16.7 Å². The average molecular weight is 689 g/mol. The molecule has 2 nitrogen and oxygen atoms in total. The minimum atomic E-state index is 1.11. The molecule has 0 bridgehead atoms. The Morgan fingerprint density at radius 3 is 1.59 bits per heavy atom. The molecule has 54 heavy (non-hydrogen) atoms. The summed E-state index contributed by atoms with van der Waals surface area (Å²) in [4.78, 5) is 2.38. The highest BCUT2D eigenvalue weighted by atomic mass is 15.1. The average Bonchev–Trinajstić information content (AvgIpc) is 3.59. The Balaban J connectivity index is 1.03. The number of benzene rings is 9. The number of fused-ring (bicyclic) bond motifs is 4. The summed E-state index contributed by atoms with van der Waals surface area (Å²) in [7, 11) is 0. The number of hydrogen-bond acceptors (Lipinski definition) is 1. The third-order valence-corrected chi connectivity index (χ3v) is 10.6. The van der Waals surface area contributed by atoms with Crippen LogP contribution in [0.15, 0.2) is 218 Å². The number of rotatable bonds is 7. The highest BCUT2D eigenvalue weighted by Crippen LogP contribution is 2.41. The van der Waals surface area contributed by atoms with E-state index in [1.54, 1.807) is 0 Å². The first-order valence-corrected chi connectivity index (χ1v) is 18.5. The van der Waals surface area contributed by atoms with Crippen molar-refractivity contribution in [3.63, 3.8) is 0 Å². The first-order valence-electron chi connectivity index (χ1n) is 18.5. The zero-order chi connectivity index (χ0) is 35.8. The second kappa shape index (κ2) is 13.4. The van der Waals surface area contributed by atoms with Crippen LogP contribution in [-0.4, -0.2) is 4.57 Å². The van der Waals surface area contributed by atoms with E-state index in [9.17, 15) is 0 Å². The van der Waals surface area contributed by atoms with Crippen molar-refractivity contribution in [1.29, 1.82) is 0 Å². The highest BCUT2D eigenvalue weighted by Gasteiger charge is 2.17. The Kier molecular flexibility index (Phi) is 7.85. The van der Waals surface area contributed by atoms with Crippen LogP contribution in [0, 0.1) is 0 Å². The Morgan fingerprint density at radius 2 is 0.815 bits per heavy atom. The van der Waals surface area contributed by atoms with Gasteiger partial charge >= 0.3 is 0 Å². The molecule has 0 saturated carbocycles. The maximum Gasteiger partial charge on any atom is 0.0547 e. The lowest BCUT2D eigenvalue weighted by molar-refractivity contribution is 1.18. The predicted octanol–water partition coefficient (Wildman–Crippen LogP) is 14.4. The molecule has 0 saturated heterocycles. The number of hydrogen-bond donors (Lipinski definition) is 0. The van der Waals surface area contributed by atoms with Crippen LogP contribution in [0.2, 0.25) is 0 Å². The summed E-state index contributed by atoms with van der Waals surface area (Å²) in [5.74, 6) is 0. The van der Waals surface area contributed by atoms with Crippen molar-refractivity contribution in [2.24, 2.45) is 0 Å². The van der Waals surface area contributed by atoms with Crippen LogP contribution < -0.4 is 4.90 Å². The van der Waals surface area contributed by atoms with E-state index in [-0.39, 0.29) is 0 Å². The molecule has 0 radical (unpaired) electrons. The van der Waals surface area contributed by atoms with Crippen molar-refractivity contribution in [2.45, 2.75) is 0 Å². The summed E-state index contributed by atoms with van der Waals surface area (Å²) < 4.78 is 2.38. The van der Waals surface area contributed by atoms with Gasteiger partial charge in [-0.1, -0.05) is 164 Å². The van der Waals surface area contributed by atoms with Crippen molar-refractivity contribution < 1.29 is 0 Å². The summed E-state index contributed by atoms with van der Waals surface area (Å²) in [6.45, 7) is 0. The van der Waals surface area contributed by atoms with Gasteiger partial charge in [0.2, 0.25) is 0 Å². The quantitative estimate of drug-likeness (QED) is 0.162. The molecular weight excluding hydrogens is 653 g/mol. The Labute approximate surface area is 315 Å². The molecule has 1 aromatic heterocycles. The van der Waals surface area contributed by atoms with E-state index in [1.165, 1.54) is 71.6 Å². The molecule has 254 valence electrons. The summed E-state index contributed by atoms with van der Waals surface area (Å²) in [6.07, 6.45) is 0. The monoisotopic (exact) mass is 688 g/mol. The van der Waals surface area contributed by atoms with E-state index in [1.807, 2.05) is 0 Å². The van der Waals surface area contributed by atoms with Gasteiger partial charge in [-0.25, -0.2) is 0 Å². The fraction of sp³-hybridized carbons (Fsp3) is 0. The number of anilines is 3. The van der Waals surface area contributed by atoms with Crippen LogP contribution in [0.3, 0.4) is 0 Å². The molecule has 0 amide bonds. The lowest BCUT2D eigenvalue weighted by Gasteiger charge is -2.27. The summed E-state index contributed by atoms with van der Waals surface area (Å²) in [5, 5.41) is 4.96. The molecule has 0 aliphatic carbocycles. The molecule has 2 heteroatoms. The second-order valence-electron chi connectivity index (χ2n) is 13.8. The normalized spacial score (nSPS) is 11.3. The van der Waals surface area contributed by atoms with Gasteiger partial charge in [0.15, 0.2) is 0 Å². The zero-order valence-corrected chi connectivity index (χ0v) is 29.7. The molecule has 9 aromatic carbocycles. The Bertz CT molecular complexity index is 2900. The van der Waals surface area contributed by atoms with Gasteiger partial charge in [0, 0.05) is 33.2 Å². The highest BCUT2D eigenvalue weighted by molar-refractivity contribution is 6.10. The van der Waals surface area contributed by atoms with Crippen LogP contribution in [0.5, 0.6) is 0 Å². The predicted molar refractivity (Wildman–Crippen MR) is 229 cm³/mol. The van der Waals surface area contributed by atoms with Crippen LogP contribution in [0.1, 0.15) is 0 Å². The van der Waals surface area contributed by atoms with Crippen LogP contribution in [0.4, 0.5) is 17.1 Å². The molecule has 1 heterocycles. The fourth-order valence-corrected chi connectivity index (χ4v) is 7.95. The van der Waals surface area contributed by atoms with E-state index < -0.39 is 0 Å². The summed E-state index contributed by atoms with van der Waals surface area (Å²) in [6, 6.07) is 78.8. The van der Waals surface area contributed by atoms with Crippen molar-refractivity contribution in [1.82, 2.24) is 4.57 Å². The number of para-hydroxylation sites is 2. The van der Waals surface area contributed by atoms with E-state index in [0.29, 0.717) is 0 Å². The maximum absolute atomic E-state index is 2.38. The lowest BCUT2D eigenvalue weighted by Crippen LogP contribution is -2.10. The molecule has 10 rings (SSSR count). The summed E-state index contributed by atoms with van der Waals surface area (Å²) in [5.41, 5.74) is 14.1. The van der Waals surface area contributed by atoms with Crippen molar-refractivity contribution in [2.75, 3.05) is 4.90 Å². The van der Waals surface area contributed by atoms with Crippen LogP contribution >= 0.6 is 0 Å². The van der Waals surface area contributed by atoms with E-state index >= 15 is 0 Å². The van der Waals surface area contributed by atoms with E-state index in [0.717, 1.165) is 17.1 Å². The minimum absolute atomic E-state index is 1.11. The van der Waals surface area contributed by atoms with Gasteiger partial charge in [-0.05, 0) is 93.4 Å². The first kappa shape index (κ1) is 31.6. The Morgan fingerprint density at radius 1 is 0.296 bits per heavy atom. The lowest BCUT2D eigenvalue weighted by atomic mass is 9.98. The molecule has 10 aromatic rings. The molecule has 0 atom stereocenters. The first-order chi connectivity index (χ1) is 26.8. The van der Waals surface area contributed by atoms with Gasteiger partial charge in [0.25, 0.3) is 0 Å². The SMILES string of the molecule is c1ccc(-c2ccc(N(c3cccc(-c4ccc(-c5ccc6c7ccccc7n(-c7ccccc7)c6c5)cc4)c3)c3cccc4ccccc34)cc2)cc1. The fourth-order valence-electron chi connectivity index (χ4n) is 7.95. The number of aromatic nitrogens is 1. The van der Waals surface area contributed by atoms with Crippen LogP contribution in [0.25, 0.3) is 71.6 Å². The van der Waals surface area contributed by atoms with Crippen molar-refractivity contribution >= 4 is 49.6 Å². The van der Waals surface area contributed by atoms with E-state index in [2.05, 4.69) is 228 Å². The third kappa shape index (κ3) is 5.62. The number of nitrogens with zero attached hydrogens (tertiary/aromatic N) is 2. The van der Waals surface area contributed by atoms with Gasteiger partial charge in [-0.15, -0.1) is 0 Å². The maximum atomic E-state index is 2.38. The van der Waals surface area contributed by atoms with Gasteiger partial charge in [0.1, 0.15) is 0 Å².